The number of hydrogen-bond acceptors (Lipinski definition) is 2. The van der Waals surface area contributed by atoms with Gasteiger partial charge >= 0.3 is 0 Å². The van der Waals surface area contributed by atoms with Crippen LogP contribution in [0.2, 0.25) is 0 Å². The minimum absolute atomic E-state index is 0.570. The van der Waals surface area contributed by atoms with Crippen molar-refractivity contribution in [1.82, 2.24) is 5.32 Å². The maximum absolute atomic E-state index is 3.87. The van der Waals surface area contributed by atoms with E-state index < -0.39 is 0 Å². The molecule has 2 aliphatic rings. The molecule has 0 aromatic rings. The molecule has 1 N–H and O–H groups in total. The zero-order valence-corrected chi connectivity index (χ0v) is 11.7. The third-order valence-corrected chi connectivity index (χ3v) is 6.16. The van der Waals surface area contributed by atoms with Gasteiger partial charge in [0.25, 0.3) is 0 Å². The van der Waals surface area contributed by atoms with Gasteiger partial charge in [0, 0.05) is 17.3 Å². The van der Waals surface area contributed by atoms with Gasteiger partial charge in [0.2, 0.25) is 0 Å². The molecule has 2 fully saturated rings. The minimum Gasteiger partial charge on any atom is -0.312 e. The van der Waals surface area contributed by atoms with Crippen molar-refractivity contribution in [2.75, 3.05) is 12.8 Å². The summed E-state index contributed by atoms with van der Waals surface area (Å²) in [4.78, 5) is 0. The van der Waals surface area contributed by atoms with Crippen LogP contribution in [0.4, 0.5) is 0 Å². The zero-order valence-electron chi connectivity index (χ0n) is 10.9. The van der Waals surface area contributed by atoms with Crippen molar-refractivity contribution in [2.45, 2.75) is 69.1 Å². The van der Waals surface area contributed by atoms with Gasteiger partial charge in [0.15, 0.2) is 0 Å². The Morgan fingerprint density at radius 2 is 1.88 bits per heavy atom. The van der Waals surface area contributed by atoms with Gasteiger partial charge in [-0.1, -0.05) is 32.6 Å². The lowest BCUT2D eigenvalue weighted by atomic mass is 9.88. The Morgan fingerprint density at radius 1 is 1.12 bits per heavy atom. The normalized spacial score (nSPS) is 34.1. The summed E-state index contributed by atoms with van der Waals surface area (Å²) < 4.78 is 0.570. The molecular formula is C14H27NS. The number of thioether (sulfide) groups is 1. The Bertz CT molecular complexity index is 211. The first-order valence-corrected chi connectivity index (χ1v) is 8.27. The second-order valence-electron chi connectivity index (χ2n) is 5.84. The molecule has 2 rings (SSSR count). The molecule has 0 aromatic heterocycles. The van der Waals surface area contributed by atoms with Crippen LogP contribution in [-0.2, 0) is 0 Å². The lowest BCUT2D eigenvalue weighted by Crippen LogP contribution is -2.44. The van der Waals surface area contributed by atoms with E-state index in [1.807, 2.05) is 0 Å². The first-order valence-electron chi connectivity index (χ1n) is 7.04. The van der Waals surface area contributed by atoms with Crippen LogP contribution in [0.5, 0.6) is 0 Å². The maximum Gasteiger partial charge on any atom is 0.0281 e. The van der Waals surface area contributed by atoms with Crippen LogP contribution in [0.15, 0.2) is 0 Å². The Labute approximate surface area is 105 Å². The largest absolute Gasteiger partial charge is 0.312 e. The molecule has 0 radical (unpaired) electrons. The molecule has 2 unspecified atom stereocenters. The van der Waals surface area contributed by atoms with Crippen molar-refractivity contribution in [2.24, 2.45) is 5.92 Å². The standard InChI is InChI=1S/C14H27NS/c1-12-7-6-8-13(12)15-11-14(16-2)9-4-3-5-10-14/h12-13,15H,3-11H2,1-2H3. The van der Waals surface area contributed by atoms with E-state index in [-0.39, 0.29) is 0 Å². The summed E-state index contributed by atoms with van der Waals surface area (Å²) in [6, 6.07) is 0.811. The van der Waals surface area contributed by atoms with Crippen molar-refractivity contribution in [3.63, 3.8) is 0 Å². The van der Waals surface area contributed by atoms with Crippen molar-refractivity contribution in [3.05, 3.63) is 0 Å². The third-order valence-electron chi connectivity index (χ3n) is 4.75. The predicted molar refractivity (Wildman–Crippen MR) is 74.1 cm³/mol. The fourth-order valence-corrected chi connectivity index (χ4v) is 4.34. The maximum atomic E-state index is 3.87. The van der Waals surface area contributed by atoms with Crippen LogP contribution in [0.1, 0.15) is 58.3 Å². The van der Waals surface area contributed by atoms with E-state index in [4.69, 9.17) is 0 Å². The van der Waals surface area contributed by atoms with Crippen LogP contribution < -0.4 is 5.32 Å². The summed E-state index contributed by atoms with van der Waals surface area (Å²) in [6.45, 7) is 3.67. The fourth-order valence-electron chi connectivity index (χ4n) is 3.41. The van der Waals surface area contributed by atoms with E-state index in [0.717, 1.165) is 12.0 Å². The molecule has 0 heterocycles. The summed E-state index contributed by atoms with van der Waals surface area (Å²) in [6.07, 6.45) is 13.8. The van der Waals surface area contributed by atoms with Crippen LogP contribution in [0.3, 0.4) is 0 Å². The molecule has 0 aromatic carbocycles. The summed E-state index contributed by atoms with van der Waals surface area (Å²) in [5, 5.41) is 3.87. The molecule has 0 bridgehead atoms. The van der Waals surface area contributed by atoms with Gasteiger partial charge < -0.3 is 5.32 Å². The van der Waals surface area contributed by atoms with Gasteiger partial charge in [-0.3, -0.25) is 0 Å². The second-order valence-corrected chi connectivity index (χ2v) is 7.12. The number of rotatable bonds is 4. The summed E-state index contributed by atoms with van der Waals surface area (Å²) in [5.41, 5.74) is 0. The SMILES string of the molecule is CSC1(CNC2CCCC2C)CCCCC1. The van der Waals surface area contributed by atoms with Gasteiger partial charge in [-0.15, -0.1) is 0 Å². The van der Waals surface area contributed by atoms with Crippen molar-refractivity contribution in [3.8, 4) is 0 Å². The van der Waals surface area contributed by atoms with E-state index in [0.29, 0.717) is 4.75 Å². The molecule has 2 heteroatoms. The van der Waals surface area contributed by atoms with E-state index in [9.17, 15) is 0 Å². The molecule has 0 spiro atoms. The van der Waals surface area contributed by atoms with Gasteiger partial charge in [-0.25, -0.2) is 0 Å². The molecule has 2 aliphatic carbocycles. The Morgan fingerprint density at radius 3 is 2.44 bits per heavy atom. The Kier molecular flexibility index (Phi) is 4.60. The van der Waals surface area contributed by atoms with Crippen LogP contribution in [-0.4, -0.2) is 23.6 Å². The van der Waals surface area contributed by atoms with E-state index in [1.165, 1.54) is 57.9 Å². The van der Waals surface area contributed by atoms with Crippen LogP contribution in [0.25, 0.3) is 0 Å². The molecule has 16 heavy (non-hydrogen) atoms. The number of nitrogens with one attached hydrogen (secondary N) is 1. The summed E-state index contributed by atoms with van der Waals surface area (Å²) in [5.74, 6) is 0.905. The van der Waals surface area contributed by atoms with Gasteiger partial charge in [-0.2, -0.15) is 11.8 Å². The average molecular weight is 241 g/mol. The predicted octanol–water partition coefficient (Wildman–Crippen LogP) is 3.83. The van der Waals surface area contributed by atoms with Crippen LogP contribution in [0, 0.1) is 5.92 Å². The molecule has 1 nitrogen and oxygen atoms in total. The van der Waals surface area contributed by atoms with Gasteiger partial charge in [-0.05, 0) is 37.9 Å². The first kappa shape index (κ1) is 12.8. The average Bonchev–Trinajstić information content (AvgIpc) is 2.74. The molecule has 94 valence electrons. The minimum atomic E-state index is 0.570. The van der Waals surface area contributed by atoms with E-state index >= 15 is 0 Å². The molecule has 2 saturated carbocycles. The smallest absolute Gasteiger partial charge is 0.0281 e. The quantitative estimate of drug-likeness (QED) is 0.803. The lowest BCUT2D eigenvalue weighted by Gasteiger charge is -2.37. The van der Waals surface area contributed by atoms with Gasteiger partial charge in [0.1, 0.15) is 0 Å². The third kappa shape index (κ3) is 2.95. The summed E-state index contributed by atoms with van der Waals surface area (Å²) >= 11 is 2.12. The number of hydrogen-bond donors (Lipinski definition) is 1. The Balaban J connectivity index is 1.82. The molecule has 2 atom stereocenters. The molecular weight excluding hydrogens is 214 g/mol. The Hall–Kier alpha value is 0.310. The van der Waals surface area contributed by atoms with Crippen molar-refractivity contribution < 1.29 is 0 Å². The highest BCUT2D eigenvalue weighted by atomic mass is 32.2. The van der Waals surface area contributed by atoms with Gasteiger partial charge in [0.05, 0.1) is 0 Å². The first-order chi connectivity index (χ1) is 7.76. The fraction of sp³-hybridized carbons (Fsp3) is 1.00. The van der Waals surface area contributed by atoms with Crippen molar-refractivity contribution in [1.29, 1.82) is 0 Å². The summed E-state index contributed by atoms with van der Waals surface area (Å²) in [7, 11) is 0. The van der Waals surface area contributed by atoms with E-state index in [2.05, 4.69) is 30.3 Å². The monoisotopic (exact) mass is 241 g/mol. The lowest BCUT2D eigenvalue weighted by molar-refractivity contribution is 0.341. The molecule has 0 aliphatic heterocycles. The van der Waals surface area contributed by atoms with Crippen molar-refractivity contribution >= 4 is 11.8 Å². The highest BCUT2D eigenvalue weighted by Crippen LogP contribution is 2.38. The molecule has 0 amide bonds. The van der Waals surface area contributed by atoms with Crippen LogP contribution >= 0.6 is 11.8 Å². The second kappa shape index (κ2) is 5.77. The molecule has 0 saturated heterocycles. The highest BCUT2D eigenvalue weighted by molar-refractivity contribution is 8.00. The van der Waals surface area contributed by atoms with E-state index in [1.54, 1.807) is 0 Å². The topological polar surface area (TPSA) is 12.0 Å². The highest BCUT2D eigenvalue weighted by Gasteiger charge is 2.32. The zero-order chi connectivity index (χ0) is 11.4.